The van der Waals surface area contributed by atoms with Crippen LogP contribution < -0.4 is 14.8 Å². The average Bonchev–Trinajstić information content (AvgIpc) is 2.80. The van der Waals surface area contributed by atoms with Gasteiger partial charge in [0.2, 0.25) is 15.9 Å². The van der Waals surface area contributed by atoms with E-state index in [1.807, 2.05) is 60.7 Å². The van der Waals surface area contributed by atoms with E-state index in [-0.39, 0.29) is 16.3 Å². The summed E-state index contributed by atoms with van der Waals surface area (Å²) in [5.41, 5.74) is 1.92. The number of sulfonamides is 1. The van der Waals surface area contributed by atoms with E-state index in [0.717, 1.165) is 11.1 Å². The molecule has 0 unspecified atom stereocenters. The van der Waals surface area contributed by atoms with Crippen LogP contribution in [-0.2, 0) is 27.7 Å². The van der Waals surface area contributed by atoms with Crippen molar-refractivity contribution in [3.8, 4) is 5.75 Å². The van der Waals surface area contributed by atoms with Crippen LogP contribution in [0, 0.1) is 0 Å². The van der Waals surface area contributed by atoms with Gasteiger partial charge in [0.25, 0.3) is 0 Å². The fourth-order valence-electron chi connectivity index (χ4n) is 3.21. The van der Waals surface area contributed by atoms with E-state index in [0.29, 0.717) is 18.7 Å². The van der Waals surface area contributed by atoms with Crippen molar-refractivity contribution in [2.45, 2.75) is 23.8 Å². The number of carbonyl (C=O) groups is 1. The van der Waals surface area contributed by atoms with Crippen molar-refractivity contribution in [2.75, 3.05) is 13.7 Å². The van der Waals surface area contributed by atoms with Crippen LogP contribution in [0.4, 0.5) is 0 Å². The third kappa shape index (κ3) is 6.56. The summed E-state index contributed by atoms with van der Waals surface area (Å²) in [5.74, 6) is -0.0296. The van der Waals surface area contributed by atoms with Crippen molar-refractivity contribution in [1.82, 2.24) is 10.0 Å². The number of nitrogens with one attached hydrogen (secondary N) is 2. The molecule has 3 aromatic carbocycles. The summed E-state index contributed by atoms with van der Waals surface area (Å²) >= 11 is 6.09. The molecule has 0 bridgehead atoms. The summed E-state index contributed by atoms with van der Waals surface area (Å²) < 4.78 is 33.6. The van der Waals surface area contributed by atoms with Crippen molar-refractivity contribution >= 4 is 27.5 Å². The van der Waals surface area contributed by atoms with Gasteiger partial charge in [-0.05, 0) is 42.2 Å². The minimum atomic E-state index is -4.00. The molecular formula is C24H25ClN2O4S. The molecule has 1 amide bonds. The topological polar surface area (TPSA) is 84.5 Å². The Morgan fingerprint density at radius 2 is 1.59 bits per heavy atom. The molecule has 0 aromatic heterocycles. The zero-order chi connectivity index (χ0) is 23.0. The Morgan fingerprint density at radius 3 is 2.19 bits per heavy atom. The summed E-state index contributed by atoms with van der Waals surface area (Å²) in [4.78, 5) is 12.9. The smallest absolute Gasteiger partial charge is 0.241 e. The lowest BCUT2D eigenvalue weighted by molar-refractivity contribution is -0.122. The molecule has 32 heavy (non-hydrogen) atoms. The monoisotopic (exact) mass is 472 g/mol. The van der Waals surface area contributed by atoms with Gasteiger partial charge in [0.05, 0.1) is 17.0 Å². The lowest BCUT2D eigenvalue weighted by atomic mass is 10.1. The summed E-state index contributed by atoms with van der Waals surface area (Å²) in [6, 6.07) is 22.2. The second kappa shape index (κ2) is 11.1. The predicted molar refractivity (Wildman–Crippen MR) is 125 cm³/mol. The van der Waals surface area contributed by atoms with Crippen LogP contribution >= 0.6 is 11.6 Å². The average molecular weight is 473 g/mol. The number of halogens is 1. The first-order valence-corrected chi connectivity index (χ1v) is 12.0. The highest BCUT2D eigenvalue weighted by atomic mass is 35.5. The van der Waals surface area contributed by atoms with Crippen LogP contribution in [0.25, 0.3) is 0 Å². The van der Waals surface area contributed by atoms with E-state index in [4.69, 9.17) is 16.3 Å². The van der Waals surface area contributed by atoms with E-state index >= 15 is 0 Å². The Labute approximate surface area is 193 Å². The van der Waals surface area contributed by atoms with Gasteiger partial charge in [0.15, 0.2) is 0 Å². The molecule has 0 radical (unpaired) electrons. The van der Waals surface area contributed by atoms with Gasteiger partial charge in [-0.1, -0.05) is 72.3 Å². The Balaban J connectivity index is 1.75. The van der Waals surface area contributed by atoms with Crippen LogP contribution in [0.2, 0.25) is 5.02 Å². The van der Waals surface area contributed by atoms with Crippen LogP contribution in [0.3, 0.4) is 0 Å². The van der Waals surface area contributed by atoms with Gasteiger partial charge < -0.3 is 10.1 Å². The standard InChI is InChI=1S/C24H25ClN2O4S/c1-31-23-13-12-20(17-21(23)25)32(29,30)27-22(16-19-10-6-3-7-11-19)24(28)26-15-14-18-8-4-2-5-9-18/h2-13,17,22,27H,14-16H2,1H3,(H,26,28)/t22-/m1/s1. The Morgan fingerprint density at radius 1 is 0.969 bits per heavy atom. The van der Waals surface area contributed by atoms with E-state index in [1.165, 1.54) is 25.3 Å². The second-order valence-corrected chi connectivity index (χ2v) is 9.31. The maximum atomic E-state index is 13.0. The molecule has 0 aliphatic heterocycles. The van der Waals surface area contributed by atoms with Gasteiger partial charge in [-0.2, -0.15) is 4.72 Å². The molecule has 0 saturated carbocycles. The second-order valence-electron chi connectivity index (χ2n) is 7.19. The summed E-state index contributed by atoms with van der Waals surface area (Å²) in [6.45, 7) is 0.393. The third-order valence-corrected chi connectivity index (χ3v) is 6.65. The molecule has 1 atom stereocenters. The Kier molecular flexibility index (Phi) is 8.27. The first-order chi connectivity index (χ1) is 15.4. The highest BCUT2D eigenvalue weighted by molar-refractivity contribution is 7.89. The van der Waals surface area contributed by atoms with Crippen LogP contribution in [0.5, 0.6) is 5.75 Å². The molecule has 0 fully saturated rings. The van der Waals surface area contributed by atoms with Crippen molar-refractivity contribution in [3.63, 3.8) is 0 Å². The lowest BCUT2D eigenvalue weighted by Crippen LogP contribution is -2.48. The van der Waals surface area contributed by atoms with E-state index in [2.05, 4.69) is 10.0 Å². The molecule has 3 rings (SSSR count). The van der Waals surface area contributed by atoms with Gasteiger partial charge in [-0.3, -0.25) is 4.79 Å². The predicted octanol–water partition coefficient (Wildman–Crippen LogP) is 3.60. The minimum absolute atomic E-state index is 0.0431. The number of amides is 1. The maximum Gasteiger partial charge on any atom is 0.241 e. The fraction of sp³-hybridized carbons (Fsp3) is 0.208. The number of ether oxygens (including phenoxy) is 1. The largest absolute Gasteiger partial charge is 0.495 e. The molecular weight excluding hydrogens is 448 g/mol. The number of hydrogen-bond donors (Lipinski definition) is 2. The molecule has 0 spiro atoms. The number of benzene rings is 3. The Hall–Kier alpha value is -2.87. The van der Waals surface area contributed by atoms with Crippen molar-refractivity contribution in [2.24, 2.45) is 0 Å². The number of rotatable bonds is 10. The summed E-state index contributed by atoms with van der Waals surface area (Å²) in [7, 11) is -2.55. The first-order valence-electron chi connectivity index (χ1n) is 10.1. The summed E-state index contributed by atoms with van der Waals surface area (Å²) in [6.07, 6.45) is 0.854. The fourth-order valence-corrected chi connectivity index (χ4v) is 4.75. The molecule has 8 heteroatoms. The zero-order valence-corrected chi connectivity index (χ0v) is 19.2. The molecule has 3 aromatic rings. The maximum absolute atomic E-state index is 13.0. The zero-order valence-electron chi connectivity index (χ0n) is 17.6. The molecule has 0 saturated heterocycles. The van der Waals surface area contributed by atoms with Gasteiger partial charge in [0, 0.05) is 6.54 Å². The molecule has 0 aliphatic carbocycles. The summed E-state index contributed by atoms with van der Waals surface area (Å²) in [5, 5.41) is 3.01. The molecule has 0 aliphatic rings. The molecule has 0 heterocycles. The van der Waals surface area contributed by atoms with Crippen LogP contribution in [0.1, 0.15) is 11.1 Å². The van der Waals surface area contributed by atoms with E-state index in [9.17, 15) is 13.2 Å². The number of carbonyl (C=O) groups excluding carboxylic acids is 1. The first kappa shape index (κ1) is 23.8. The van der Waals surface area contributed by atoms with Crippen LogP contribution in [0.15, 0.2) is 83.8 Å². The van der Waals surface area contributed by atoms with E-state index < -0.39 is 22.0 Å². The quantitative estimate of drug-likeness (QED) is 0.472. The van der Waals surface area contributed by atoms with Gasteiger partial charge in [-0.25, -0.2) is 8.42 Å². The molecule has 2 N–H and O–H groups in total. The van der Waals surface area contributed by atoms with Gasteiger partial charge >= 0.3 is 0 Å². The third-order valence-electron chi connectivity index (χ3n) is 4.89. The number of methoxy groups -OCH3 is 1. The molecule has 6 nitrogen and oxygen atoms in total. The normalized spacial score (nSPS) is 12.2. The van der Waals surface area contributed by atoms with Crippen LogP contribution in [-0.4, -0.2) is 34.0 Å². The van der Waals surface area contributed by atoms with Crippen molar-refractivity contribution in [1.29, 1.82) is 0 Å². The van der Waals surface area contributed by atoms with Gasteiger partial charge in [0.1, 0.15) is 11.8 Å². The highest BCUT2D eigenvalue weighted by Gasteiger charge is 2.26. The Bertz CT molecular complexity index is 1140. The minimum Gasteiger partial charge on any atom is -0.495 e. The highest BCUT2D eigenvalue weighted by Crippen LogP contribution is 2.27. The number of hydrogen-bond acceptors (Lipinski definition) is 4. The van der Waals surface area contributed by atoms with Crippen molar-refractivity contribution in [3.05, 3.63) is 95.0 Å². The van der Waals surface area contributed by atoms with E-state index in [1.54, 1.807) is 0 Å². The van der Waals surface area contributed by atoms with Gasteiger partial charge in [-0.15, -0.1) is 0 Å². The SMILES string of the molecule is COc1ccc(S(=O)(=O)N[C@H](Cc2ccccc2)C(=O)NCCc2ccccc2)cc1Cl. The molecule has 168 valence electrons. The van der Waals surface area contributed by atoms with Crippen molar-refractivity contribution < 1.29 is 17.9 Å². The lowest BCUT2D eigenvalue weighted by Gasteiger charge is -2.19.